The monoisotopic (exact) mass is 541 g/mol. The highest BCUT2D eigenvalue weighted by atomic mass is 32.2. The zero-order valence-electron chi connectivity index (χ0n) is 21.8. The second kappa shape index (κ2) is 9.73. The molecular weight excluding hydrogens is 514 g/mol. The van der Waals surface area contributed by atoms with Crippen molar-refractivity contribution in [2.45, 2.75) is 44.2 Å². The zero-order valence-corrected chi connectivity index (χ0v) is 22.6. The first-order valence-electron chi connectivity index (χ1n) is 12.6. The van der Waals surface area contributed by atoms with Crippen molar-refractivity contribution in [1.29, 1.82) is 0 Å². The van der Waals surface area contributed by atoms with Crippen molar-refractivity contribution in [2.24, 2.45) is 0 Å². The van der Waals surface area contributed by atoms with E-state index in [-0.39, 0.29) is 11.0 Å². The summed E-state index contributed by atoms with van der Waals surface area (Å²) in [5.41, 5.74) is 4.50. The summed E-state index contributed by atoms with van der Waals surface area (Å²) in [4.78, 5) is 18.7. The minimum absolute atomic E-state index is 0.117. The number of hydrogen-bond donors (Lipinski definition) is 1. The quantitative estimate of drug-likeness (QED) is 0.303. The fourth-order valence-electron chi connectivity index (χ4n) is 4.24. The maximum absolute atomic E-state index is 12.0. The molecule has 1 saturated carbocycles. The lowest BCUT2D eigenvalue weighted by atomic mass is 10.1. The van der Waals surface area contributed by atoms with Gasteiger partial charge in [-0.3, -0.25) is 0 Å². The molecule has 10 nitrogen and oxygen atoms in total. The van der Waals surface area contributed by atoms with Crippen molar-refractivity contribution in [3.63, 3.8) is 0 Å². The maximum atomic E-state index is 12.0. The van der Waals surface area contributed by atoms with Gasteiger partial charge >= 0.3 is 0 Å². The van der Waals surface area contributed by atoms with Crippen LogP contribution in [0.5, 0.6) is 5.88 Å². The molecule has 0 saturated heterocycles. The van der Waals surface area contributed by atoms with Gasteiger partial charge in [-0.05, 0) is 68.7 Å². The van der Waals surface area contributed by atoms with E-state index in [9.17, 15) is 8.42 Å². The van der Waals surface area contributed by atoms with Gasteiger partial charge < -0.3 is 10.1 Å². The first kappa shape index (κ1) is 24.9. The first-order valence-corrected chi connectivity index (χ1v) is 14.5. The fraction of sp³-hybridized carbons (Fsp3) is 0.250. The summed E-state index contributed by atoms with van der Waals surface area (Å²) in [6.45, 7) is 4.32. The summed E-state index contributed by atoms with van der Waals surface area (Å²) in [5, 5.41) is 7.74. The molecule has 0 radical (unpaired) electrons. The van der Waals surface area contributed by atoms with Crippen LogP contribution < -0.4 is 10.1 Å². The Kier molecular flexibility index (Phi) is 6.22. The predicted molar refractivity (Wildman–Crippen MR) is 148 cm³/mol. The van der Waals surface area contributed by atoms with E-state index in [1.165, 1.54) is 6.26 Å². The molecule has 1 fully saturated rings. The highest BCUT2D eigenvalue weighted by molar-refractivity contribution is 7.90. The molecule has 11 heteroatoms. The van der Waals surface area contributed by atoms with Crippen LogP contribution >= 0.6 is 0 Å². The lowest BCUT2D eigenvalue weighted by Gasteiger charge is -2.12. The summed E-state index contributed by atoms with van der Waals surface area (Å²) >= 11 is 0. The van der Waals surface area contributed by atoms with Crippen LogP contribution in [0.15, 0.2) is 65.6 Å². The Morgan fingerprint density at radius 3 is 2.46 bits per heavy atom. The van der Waals surface area contributed by atoms with Crippen molar-refractivity contribution in [2.75, 3.05) is 11.6 Å². The van der Waals surface area contributed by atoms with Gasteiger partial charge in [-0.2, -0.15) is 10.1 Å². The van der Waals surface area contributed by atoms with Crippen LogP contribution in [0.2, 0.25) is 0 Å². The Labute approximate surface area is 226 Å². The van der Waals surface area contributed by atoms with Gasteiger partial charge in [-0.15, -0.1) is 0 Å². The van der Waals surface area contributed by atoms with Crippen molar-refractivity contribution >= 4 is 26.8 Å². The molecule has 1 aliphatic rings. The van der Waals surface area contributed by atoms with Crippen molar-refractivity contribution in [3.05, 3.63) is 77.9 Å². The van der Waals surface area contributed by atoms with Crippen molar-refractivity contribution in [3.8, 4) is 22.8 Å². The summed E-state index contributed by atoms with van der Waals surface area (Å²) in [7, 11) is -3.34. The molecule has 0 amide bonds. The molecule has 0 aliphatic heterocycles. The number of rotatable bonds is 8. The molecule has 0 atom stereocenters. The number of ether oxygens (including phenoxy) is 1. The Morgan fingerprint density at radius 1 is 0.974 bits per heavy atom. The molecular formula is C28H27N7O3S. The highest BCUT2D eigenvalue weighted by Gasteiger charge is 2.26. The molecule has 1 N–H and O–H groups in total. The third kappa shape index (κ3) is 5.44. The van der Waals surface area contributed by atoms with E-state index in [1.807, 2.05) is 61.0 Å². The van der Waals surface area contributed by atoms with Gasteiger partial charge in [-0.25, -0.2) is 28.1 Å². The minimum Gasteiger partial charge on any atom is -0.473 e. The zero-order chi connectivity index (χ0) is 27.1. The number of nitrogens with one attached hydrogen (secondary N) is 1. The average Bonchev–Trinajstić information content (AvgIpc) is 3.67. The molecule has 6 rings (SSSR count). The van der Waals surface area contributed by atoms with Crippen LogP contribution in [-0.4, -0.2) is 50.5 Å². The number of pyridine rings is 1. The number of fused-ring (bicyclic) bond motifs is 1. The van der Waals surface area contributed by atoms with Crippen LogP contribution in [0.4, 0.5) is 5.95 Å². The van der Waals surface area contributed by atoms with Gasteiger partial charge in [0.05, 0.1) is 21.8 Å². The minimum atomic E-state index is -3.34. The molecule has 0 unspecified atom stereocenters. The lowest BCUT2D eigenvalue weighted by Crippen LogP contribution is -2.08. The average molecular weight is 542 g/mol. The Hall–Kier alpha value is -4.38. The third-order valence-electron chi connectivity index (χ3n) is 6.38. The smallest absolute Gasteiger partial charge is 0.245 e. The number of aryl methyl sites for hydroxylation is 2. The van der Waals surface area contributed by atoms with E-state index in [0.29, 0.717) is 40.7 Å². The number of nitrogens with zero attached hydrogens (tertiary/aromatic N) is 6. The molecule has 0 spiro atoms. The lowest BCUT2D eigenvalue weighted by molar-refractivity contribution is 0.294. The van der Waals surface area contributed by atoms with Gasteiger partial charge in [-0.1, -0.05) is 24.3 Å². The third-order valence-corrected chi connectivity index (χ3v) is 7.49. The van der Waals surface area contributed by atoms with Gasteiger partial charge in [0.25, 0.3) is 0 Å². The van der Waals surface area contributed by atoms with Crippen LogP contribution in [-0.2, 0) is 16.4 Å². The van der Waals surface area contributed by atoms with E-state index < -0.39 is 9.84 Å². The summed E-state index contributed by atoms with van der Waals surface area (Å²) in [6.07, 6.45) is 3.26. The van der Waals surface area contributed by atoms with Crippen molar-refractivity contribution in [1.82, 2.24) is 29.7 Å². The maximum Gasteiger partial charge on any atom is 0.245 e. The van der Waals surface area contributed by atoms with E-state index >= 15 is 0 Å². The first-order chi connectivity index (χ1) is 18.7. The Morgan fingerprint density at radius 2 is 1.77 bits per heavy atom. The van der Waals surface area contributed by atoms with E-state index in [1.54, 1.807) is 18.2 Å². The van der Waals surface area contributed by atoms with Gasteiger partial charge in [0.15, 0.2) is 15.4 Å². The van der Waals surface area contributed by atoms with Gasteiger partial charge in [0.1, 0.15) is 17.8 Å². The van der Waals surface area contributed by atoms with E-state index in [4.69, 9.17) is 9.72 Å². The van der Waals surface area contributed by atoms with Crippen LogP contribution in [0.3, 0.4) is 0 Å². The number of sulfone groups is 1. The van der Waals surface area contributed by atoms with Crippen LogP contribution in [0.1, 0.15) is 30.1 Å². The predicted octanol–water partition coefficient (Wildman–Crippen LogP) is 4.45. The topological polar surface area (TPSA) is 125 Å². The van der Waals surface area contributed by atoms with E-state index in [0.717, 1.165) is 35.7 Å². The second-order valence-electron chi connectivity index (χ2n) is 9.67. The molecule has 2 aromatic carbocycles. The van der Waals surface area contributed by atoms with Crippen molar-refractivity contribution < 1.29 is 13.2 Å². The molecule has 5 aromatic rings. The molecule has 1 aliphatic carbocycles. The number of hydrogen-bond acceptors (Lipinski definition) is 9. The number of aromatic nitrogens is 6. The highest BCUT2D eigenvalue weighted by Crippen LogP contribution is 2.32. The standard InChI is InChI=1S/C28H27N7O3S/c1-17-30-18(2)35(34-17)21-9-7-19(8-10-21)16-29-28-32-25-14-13-24(20-5-4-6-23(15-20)39(3,36)37)31-26(25)27(33-28)38-22-11-12-22/h4-10,13-15,22H,11-12,16H2,1-3H3,(H,29,32,33). The molecule has 198 valence electrons. The Bertz CT molecular complexity index is 1800. The van der Waals surface area contributed by atoms with Gasteiger partial charge in [0, 0.05) is 18.4 Å². The van der Waals surface area contributed by atoms with Crippen LogP contribution in [0.25, 0.3) is 28.0 Å². The van der Waals surface area contributed by atoms with Crippen LogP contribution in [0, 0.1) is 13.8 Å². The summed E-state index contributed by atoms with van der Waals surface area (Å²) in [6, 6.07) is 18.5. The number of benzene rings is 2. The normalized spacial score (nSPS) is 13.5. The molecule has 0 bridgehead atoms. The molecule has 39 heavy (non-hydrogen) atoms. The summed E-state index contributed by atoms with van der Waals surface area (Å²) in [5.74, 6) is 2.43. The molecule has 3 aromatic heterocycles. The summed E-state index contributed by atoms with van der Waals surface area (Å²) < 4.78 is 32.0. The van der Waals surface area contributed by atoms with E-state index in [2.05, 4.69) is 25.4 Å². The Balaban J connectivity index is 1.27. The van der Waals surface area contributed by atoms with Gasteiger partial charge in [0.2, 0.25) is 11.8 Å². The SMILES string of the molecule is Cc1nc(C)n(-c2ccc(CNc3nc(OC4CC4)c4nc(-c5cccc(S(C)(=O)=O)c5)ccc4n3)cc2)n1. The molecule has 3 heterocycles. The second-order valence-corrected chi connectivity index (χ2v) is 11.7. The number of anilines is 1. The fourth-order valence-corrected chi connectivity index (χ4v) is 4.91. The largest absolute Gasteiger partial charge is 0.473 e.